The summed E-state index contributed by atoms with van der Waals surface area (Å²) in [7, 11) is 0. The van der Waals surface area contributed by atoms with Crippen molar-refractivity contribution < 1.29 is 24.5 Å². The summed E-state index contributed by atoms with van der Waals surface area (Å²) < 4.78 is 5.49. The van der Waals surface area contributed by atoms with Crippen LogP contribution in [0.4, 0.5) is 0 Å². The summed E-state index contributed by atoms with van der Waals surface area (Å²) in [6.07, 6.45) is 70.4. The number of esters is 1. The van der Waals surface area contributed by atoms with E-state index in [0.29, 0.717) is 25.9 Å². The second kappa shape index (κ2) is 57.9. The van der Waals surface area contributed by atoms with E-state index in [2.05, 4.69) is 43.5 Å². The monoisotopic (exact) mass is 958 g/mol. The second-order valence-electron chi connectivity index (χ2n) is 21.0. The Hall–Kier alpha value is -1.66. The number of aliphatic hydroxyl groups is 2. The fraction of sp³-hybridized carbons (Fsp3) is 0.903. The van der Waals surface area contributed by atoms with Gasteiger partial charge in [-0.2, -0.15) is 0 Å². The van der Waals surface area contributed by atoms with Crippen LogP contribution >= 0.6 is 0 Å². The fourth-order valence-electron chi connectivity index (χ4n) is 9.55. The molecule has 0 radical (unpaired) electrons. The van der Waals surface area contributed by atoms with E-state index in [0.717, 1.165) is 51.4 Å². The van der Waals surface area contributed by atoms with Crippen molar-refractivity contribution in [3.05, 3.63) is 24.3 Å². The number of aliphatic hydroxyl groups excluding tert-OH is 2. The topological polar surface area (TPSA) is 95.9 Å². The van der Waals surface area contributed by atoms with Crippen molar-refractivity contribution in [2.75, 3.05) is 13.2 Å². The highest BCUT2D eigenvalue weighted by molar-refractivity contribution is 5.76. The second-order valence-corrected chi connectivity index (χ2v) is 21.0. The van der Waals surface area contributed by atoms with Gasteiger partial charge in [0, 0.05) is 12.8 Å². The molecule has 2 atom stereocenters. The van der Waals surface area contributed by atoms with Gasteiger partial charge < -0.3 is 20.3 Å². The molecule has 0 aromatic heterocycles. The van der Waals surface area contributed by atoms with Gasteiger partial charge in [-0.05, 0) is 57.8 Å². The summed E-state index contributed by atoms with van der Waals surface area (Å²) in [6, 6.07) is -0.540. The molecule has 3 N–H and O–H groups in total. The van der Waals surface area contributed by atoms with Crippen LogP contribution in [-0.4, -0.2) is 47.4 Å². The molecule has 0 saturated heterocycles. The molecule has 0 aliphatic heterocycles. The zero-order valence-corrected chi connectivity index (χ0v) is 45.9. The van der Waals surface area contributed by atoms with Gasteiger partial charge in [-0.1, -0.05) is 289 Å². The highest BCUT2D eigenvalue weighted by Gasteiger charge is 2.20. The Morgan fingerprint density at radius 1 is 0.412 bits per heavy atom. The molecule has 0 saturated carbocycles. The predicted octanol–water partition coefficient (Wildman–Crippen LogP) is 19.0. The Bertz CT molecular complexity index is 1060. The Morgan fingerprint density at radius 2 is 0.735 bits per heavy atom. The number of hydrogen-bond donors (Lipinski definition) is 3. The van der Waals surface area contributed by atoms with E-state index < -0.39 is 12.1 Å². The first-order chi connectivity index (χ1) is 33.5. The lowest BCUT2D eigenvalue weighted by molar-refractivity contribution is -0.143. The number of hydrogen-bond acceptors (Lipinski definition) is 5. The first-order valence-corrected chi connectivity index (χ1v) is 30.6. The summed E-state index contributed by atoms with van der Waals surface area (Å²) in [4.78, 5) is 24.5. The molecular formula is C62H119NO5. The van der Waals surface area contributed by atoms with Crippen molar-refractivity contribution in [1.82, 2.24) is 5.32 Å². The minimum atomic E-state index is -0.663. The van der Waals surface area contributed by atoms with E-state index in [1.807, 2.05) is 0 Å². The number of unbranched alkanes of at least 4 members (excludes halogenated alkanes) is 42. The highest BCUT2D eigenvalue weighted by Crippen LogP contribution is 2.18. The van der Waals surface area contributed by atoms with Gasteiger partial charge in [-0.3, -0.25) is 9.59 Å². The quantitative estimate of drug-likeness (QED) is 0.0321. The Morgan fingerprint density at radius 3 is 1.13 bits per heavy atom. The number of allylic oxidation sites excluding steroid dienone is 4. The molecule has 1 amide bonds. The normalized spacial score (nSPS) is 12.7. The molecule has 0 bridgehead atoms. The van der Waals surface area contributed by atoms with E-state index in [1.165, 1.54) is 250 Å². The highest BCUT2D eigenvalue weighted by atomic mass is 16.5. The molecular weight excluding hydrogens is 839 g/mol. The van der Waals surface area contributed by atoms with Crippen LogP contribution in [0.1, 0.15) is 335 Å². The maximum atomic E-state index is 12.4. The van der Waals surface area contributed by atoms with Crippen LogP contribution in [0.2, 0.25) is 0 Å². The van der Waals surface area contributed by atoms with Crippen molar-refractivity contribution >= 4 is 11.9 Å². The van der Waals surface area contributed by atoms with E-state index in [4.69, 9.17) is 4.74 Å². The lowest BCUT2D eigenvalue weighted by Gasteiger charge is -2.22. The van der Waals surface area contributed by atoms with Crippen molar-refractivity contribution in [3.8, 4) is 0 Å². The first kappa shape index (κ1) is 66.3. The van der Waals surface area contributed by atoms with Gasteiger partial charge in [-0.15, -0.1) is 0 Å². The Kier molecular flexibility index (Phi) is 56.5. The molecule has 0 aromatic carbocycles. The average Bonchev–Trinajstić information content (AvgIpc) is 3.34. The zero-order chi connectivity index (χ0) is 49.3. The van der Waals surface area contributed by atoms with Crippen molar-refractivity contribution in [1.29, 1.82) is 0 Å². The average molecular weight is 959 g/mol. The van der Waals surface area contributed by atoms with Crippen molar-refractivity contribution in [3.63, 3.8) is 0 Å². The van der Waals surface area contributed by atoms with Gasteiger partial charge in [0.2, 0.25) is 5.91 Å². The molecule has 0 rings (SSSR count). The molecule has 0 heterocycles. The van der Waals surface area contributed by atoms with Gasteiger partial charge in [0.05, 0.1) is 25.4 Å². The minimum absolute atomic E-state index is 0.00619. The fourth-order valence-corrected chi connectivity index (χ4v) is 9.55. The molecule has 0 fully saturated rings. The number of carbonyl (C=O) groups excluding carboxylic acids is 2. The van der Waals surface area contributed by atoms with E-state index >= 15 is 0 Å². The number of amides is 1. The molecule has 0 aromatic rings. The van der Waals surface area contributed by atoms with Gasteiger partial charge in [-0.25, -0.2) is 0 Å². The molecule has 0 aliphatic carbocycles. The third kappa shape index (κ3) is 53.7. The zero-order valence-electron chi connectivity index (χ0n) is 45.9. The molecule has 0 spiro atoms. The van der Waals surface area contributed by atoms with Crippen LogP contribution in [-0.2, 0) is 14.3 Å². The van der Waals surface area contributed by atoms with E-state index in [-0.39, 0.29) is 18.5 Å². The van der Waals surface area contributed by atoms with Crippen LogP contribution in [0.15, 0.2) is 24.3 Å². The number of ether oxygens (including phenoxy) is 1. The van der Waals surface area contributed by atoms with Gasteiger partial charge >= 0.3 is 5.97 Å². The minimum Gasteiger partial charge on any atom is -0.466 e. The summed E-state index contributed by atoms with van der Waals surface area (Å²) in [5.74, 6) is -0.0291. The first-order valence-electron chi connectivity index (χ1n) is 30.6. The van der Waals surface area contributed by atoms with Gasteiger partial charge in [0.15, 0.2) is 0 Å². The van der Waals surface area contributed by atoms with E-state index in [9.17, 15) is 19.8 Å². The maximum absolute atomic E-state index is 12.4. The van der Waals surface area contributed by atoms with Gasteiger partial charge in [0.1, 0.15) is 0 Å². The molecule has 0 aliphatic rings. The third-order valence-electron chi connectivity index (χ3n) is 14.3. The third-order valence-corrected chi connectivity index (χ3v) is 14.3. The molecule has 2 unspecified atom stereocenters. The maximum Gasteiger partial charge on any atom is 0.305 e. The molecule has 68 heavy (non-hydrogen) atoms. The summed E-state index contributed by atoms with van der Waals surface area (Å²) in [5.41, 5.74) is 0. The van der Waals surface area contributed by atoms with Crippen LogP contribution in [0, 0.1) is 0 Å². The van der Waals surface area contributed by atoms with Crippen LogP contribution < -0.4 is 5.32 Å². The molecule has 402 valence electrons. The van der Waals surface area contributed by atoms with Crippen LogP contribution in [0.5, 0.6) is 0 Å². The van der Waals surface area contributed by atoms with Crippen molar-refractivity contribution in [2.24, 2.45) is 0 Å². The lowest BCUT2D eigenvalue weighted by Crippen LogP contribution is -2.45. The van der Waals surface area contributed by atoms with E-state index in [1.54, 1.807) is 0 Å². The molecule has 6 nitrogen and oxygen atoms in total. The number of nitrogens with one attached hydrogen (secondary N) is 1. The summed E-state index contributed by atoms with van der Waals surface area (Å²) in [5, 5.41) is 23.2. The Labute approximate surface area is 424 Å². The molecule has 6 heteroatoms. The number of rotatable bonds is 57. The lowest BCUT2D eigenvalue weighted by atomic mass is 10.0. The SMILES string of the molecule is CCCCCC/C=C\C/C=C\CCCCCCCCCC(=O)OCCCCCCCCCCCCCCCCCCCCCCCCC(=O)NC(CO)C(O)CCCCCCCCCCCCC. The van der Waals surface area contributed by atoms with Crippen LogP contribution in [0.3, 0.4) is 0 Å². The van der Waals surface area contributed by atoms with Crippen LogP contribution in [0.25, 0.3) is 0 Å². The Balaban J connectivity index is 3.35. The number of carbonyl (C=O) groups is 2. The van der Waals surface area contributed by atoms with Gasteiger partial charge in [0.25, 0.3) is 0 Å². The largest absolute Gasteiger partial charge is 0.466 e. The summed E-state index contributed by atoms with van der Waals surface area (Å²) >= 11 is 0. The predicted molar refractivity (Wildman–Crippen MR) is 296 cm³/mol. The standard InChI is InChI=1S/C62H119NO5/c1-3-5-7-9-11-13-15-16-17-18-26-29-32-36-40-44-48-52-56-62(67)68-57-53-49-45-41-37-33-30-27-24-22-20-19-21-23-25-28-31-35-39-43-47-51-55-61(66)63-59(58-64)60(65)54-50-46-42-38-34-14-12-10-8-6-4-2/h13,15,17-18,59-60,64-65H,3-12,14,16,19-58H2,1-2H3,(H,63,66)/b15-13-,18-17-. The summed E-state index contributed by atoms with van der Waals surface area (Å²) in [6.45, 7) is 4.94. The van der Waals surface area contributed by atoms with Crippen molar-refractivity contribution in [2.45, 2.75) is 347 Å². The smallest absolute Gasteiger partial charge is 0.305 e.